The second-order valence-electron chi connectivity index (χ2n) is 5.75. The van der Waals surface area contributed by atoms with E-state index < -0.39 is 11.9 Å². The topological polar surface area (TPSA) is 97.1 Å². The van der Waals surface area contributed by atoms with Crippen LogP contribution in [0, 0.1) is 11.8 Å². The number of nitrogens with zero attached hydrogens (tertiary/aromatic N) is 3. The second-order valence-corrected chi connectivity index (χ2v) is 5.75. The summed E-state index contributed by atoms with van der Waals surface area (Å²) in [4.78, 5) is 24.9. The van der Waals surface area contributed by atoms with Crippen LogP contribution in [0.4, 0.5) is 5.69 Å². The molecule has 0 saturated heterocycles. The summed E-state index contributed by atoms with van der Waals surface area (Å²) >= 11 is 0. The van der Waals surface area contributed by atoms with Crippen molar-refractivity contribution in [2.75, 3.05) is 5.32 Å². The van der Waals surface area contributed by atoms with Gasteiger partial charge in [0.05, 0.1) is 24.0 Å². The Kier molecular flexibility index (Phi) is 4.36. The number of nitrogens with one attached hydrogen (secondary N) is 1. The lowest BCUT2D eigenvalue weighted by molar-refractivity contribution is -0.143. The minimum absolute atomic E-state index is 0.110. The summed E-state index contributed by atoms with van der Waals surface area (Å²) in [6.45, 7) is 0. The third-order valence-corrected chi connectivity index (χ3v) is 4.18. The van der Waals surface area contributed by atoms with Crippen LogP contribution in [0.1, 0.15) is 25.7 Å². The molecule has 2 N–H and O–H groups in total. The van der Waals surface area contributed by atoms with Gasteiger partial charge in [-0.2, -0.15) is 15.0 Å². The second kappa shape index (κ2) is 6.60. The van der Waals surface area contributed by atoms with Crippen molar-refractivity contribution in [3.8, 4) is 5.69 Å². The highest BCUT2D eigenvalue weighted by Crippen LogP contribution is 2.30. The molecule has 0 spiro atoms. The number of hydrogen-bond donors (Lipinski definition) is 2. The summed E-state index contributed by atoms with van der Waals surface area (Å²) in [6, 6.07) is 7.20. The van der Waals surface area contributed by atoms with Gasteiger partial charge in [0.1, 0.15) is 0 Å². The monoisotopic (exact) mass is 314 g/mol. The minimum Gasteiger partial charge on any atom is -0.481 e. The number of hydrogen-bond acceptors (Lipinski definition) is 4. The van der Waals surface area contributed by atoms with Crippen LogP contribution in [0.2, 0.25) is 0 Å². The Labute approximate surface area is 133 Å². The Bertz CT molecular complexity index is 682. The van der Waals surface area contributed by atoms with Gasteiger partial charge in [0.15, 0.2) is 0 Å². The van der Waals surface area contributed by atoms with Crippen LogP contribution in [0.15, 0.2) is 36.7 Å². The molecule has 3 rings (SSSR count). The van der Waals surface area contributed by atoms with E-state index in [0.717, 1.165) is 18.5 Å². The zero-order chi connectivity index (χ0) is 16.2. The average Bonchev–Trinajstić information content (AvgIpc) is 3.10. The maximum Gasteiger partial charge on any atom is 0.306 e. The number of aromatic nitrogens is 3. The molecule has 2 aromatic rings. The SMILES string of the molecule is O=C(O)C1CCCC(C(=O)Nc2ccc(-n3nccn3)cc2)C1. The Morgan fingerprint density at radius 2 is 1.74 bits per heavy atom. The van der Waals surface area contributed by atoms with Gasteiger partial charge in [-0.05, 0) is 43.5 Å². The van der Waals surface area contributed by atoms with Crippen molar-refractivity contribution in [3.05, 3.63) is 36.7 Å². The fraction of sp³-hybridized carbons (Fsp3) is 0.375. The smallest absolute Gasteiger partial charge is 0.306 e. The fourth-order valence-electron chi connectivity index (χ4n) is 2.92. The normalized spacial score (nSPS) is 20.9. The van der Waals surface area contributed by atoms with Gasteiger partial charge in [0.2, 0.25) is 5.91 Å². The van der Waals surface area contributed by atoms with Gasteiger partial charge < -0.3 is 10.4 Å². The van der Waals surface area contributed by atoms with E-state index in [4.69, 9.17) is 5.11 Å². The van der Waals surface area contributed by atoms with E-state index >= 15 is 0 Å². The Morgan fingerprint density at radius 3 is 2.39 bits per heavy atom. The van der Waals surface area contributed by atoms with Crippen LogP contribution in [0.5, 0.6) is 0 Å². The number of amides is 1. The molecule has 0 radical (unpaired) electrons. The third-order valence-electron chi connectivity index (χ3n) is 4.18. The minimum atomic E-state index is -0.807. The highest BCUT2D eigenvalue weighted by molar-refractivity contribution is 5.93. The number of carbonyl (C=O) groups is 2. The van der Waals surface area contributed by atoms with E-state index in [0.29, 0.717) is 18.5 Å². The first-order valence-electron chi connectivity index (χ1n) is 7.64. The molecule has 1 heterocycles. The van der Waals surface area contributed by atoms with Crippen molar-refractivity contribution in [3.63, 3.8) is 0 Å². The molecule has 1 amide bonds. The maximum absolute atomic E-state index is 12.3. The third kappa shape index (κ3) is 3.56. The zero-order valence-electron chi connectivity index (χ0n) is 12.6. The molecule has 1 saturated carbocycles. The lowest BCUT2D eigenvalue weighted by Crippen LogP contribution is -2.30. The van der Waals surface area contributed by atoms with Crippen LogP contribution < -0.4 is 5.32 Å². The van der Waals surface area contributed by atoms with E-state index in [2.05, 4.69) is 15.5 Å². The molecule has 2 atom stereocenters. The largest absolute Gasteiger partial charge is 0.481 e. The molecule has 1 aliphatic rings. The highest BCUT2D eigenvalue weighted by atomic mass is 16.4. The lowest BCUT2D eigenvalue weighted by atomic mass is 9.81. The quantitative estimate of drug-likeness (QED) is 0.900. The number of carbonyl (C=O) groups excluding carboxylic acids is 1. The van der Waals surface area contributed by atoms with Crippen molar-refractivity contribution in [1.29, 1.82) is 0 Å². The molecule has 23 heavy (non-hydrogen) atoms. The van der Waals surface area contributed by atoms with Gasteiger partial charge in [-0.15, -0.1) is 0 Å². The number of carboxylic acid groups (broad SMARTS) is 1. The van der Waals surface area contributed by atoms with Crippen molar-refractivity contribution in [2.45, 2.75) is 25.7 Å². The Morgan fingerprint density at radius 1 is 1.09 bits per heavy atom. The van der Waals surface area contributed by atoms with E-state index in [1.807, 2.05) is 12.1 Å². The molecular weight excluding hydrogens is 296 g/mol. The summed E-state index contributed by atoms with van der Waals surface area (Å²) in [5.74, 6) is -1.57. The number of benzene rings is 1. The molecule has 120 valence electrons. The van der Waals surface area contributed by atoms with Crippen molar-refractivity contribution >= 4 is 17.6 Å². The summed E-state index contributed by atoms with van der Waals surface area (Å²) in [5.41, 5.74) is 1.49. The van der Waals surface area contributed by atoms with Crippen LogP contribution in [0.3, 0.4) is 0 Å². The number of rotatable bonds is 4. The van der Waals surface area contributed by atoms with E-state index in [-0.39, 0.29) is 11.8 Å². The Balaban J connectivity index is 1.62. The zero-order valence-corrected chi connectivity index (χ0v) is 12.6. The highest BCUT2D eigenvalue weighted by Gasteiger charge is 2.30. The van der Waals surface area contributed by atoms with Crippen LogP contribution in [-0.2, 0) is 9.59 Å². The molecule has 1 fully saturated rings. The van der Waals surface area contributed by atoms with E-state index in [9.17, 15) is 9.59 Å². The number of anilines is 1. The summed E-state index contributed by atoms with van der Waals surface area (Å²) in [6.07, 6.45) is 5.78. The van der Waals surface area contributed by atoms with Gasteiger partial charge in [-0.25, -0.2) is 0 Å². The molecule has 1 aromatic carbocycles. The fourth-order valence-corrected chi connectivity index (χ4v) is 2.92. The van der Waals surface area contributed by atoms with Gasteiger partial charge in [-0.1, -0.05) is 6.42 Å². The Hall–Kier alpha value is -2.70. The molecule has 1 aliphatic carbocycles. The van der Waals surface area contributed by atoms with Crippen LogP contribution >= 0.6 is 0 Å². The number of aliphatic carboxylic acids is 1. The van der Waals surface area contributed by atoms with Gasteiger partial charge >= 0.3 is 5.97 Å². The van der Waals surface area contributed by atoms with E-state index in [1.165, 1.54) is 4.80 Å². The molecule has 2 unspecified atom stereocenters. The summed E-state index contributed by atoms with van der Waals surface area (Å²) in [7, 11) is 0. The first kappa shape index (κ1) is 15.2. The standard InChI is InChI=1S/C16H18N4O3/c21-15(11-2-1-3-12(10-11)16(22)23)19-13-4-6-14(7-5-13)20-17-8-9-18-20/h4-9,11-12H,1-3,10H2,(H,19,21)(H,22,23). The van der Waals surface area contributed by atoms with Gasteiger partial charge in [0, 0.05) is 11.6 Å². The maximum atomic E-state index is 12.3. The molecule has 7 heteroatoms. The van der Waals surface area contributed by atoms with E-state index in [1.54, 1.807) is 24.5 Å². The molecule has 0 aliphatic heterocycles. The first-order chi connectivity index (χ1) is 11.1. The van der Waals surface area contributed by atoms with Gasteiger partial charge in [-0.3, -0.25) is 9.59 Å². The average molecular weight is 314 g/mol. The molecule has 1 aromatic heterocycles. The number of carboxylic acids is 1. The predicted molar refractivity (Wildman–Crippen MR) is 83.1 cm³/mol. The van der Waals surface area contributed by atoms with Crippen LogP contribution in [-0.4, -0.2) is 32.0 Å². The van der Waals surface area contributed by atoms with Crippen molar-refractivity contribution in [1.82, 2.24) is 15.0 Å². The molecule has 7 nitrogen and oxygen atoms in total. The lowest BCUT2D eigenvalue weighted by Gasteiger charge is -2.25. The van der Waals surface area contributed by atoms with Crippen molar-refractivity contribution in [2.24, 2.45) is 11.8 Å². The summed E-state index contributed by atoms with van der Waals surface area (Å²) < 4.78 is 0. The summed E-state index contributed by atoms with van der Waals surface area (Å²) in [5, 5.41) is 20.0. The first-order valence-corrected chi connectivity index (χ1v) is 7.64. The molecular formula is C16H18N4O3. The molecule has 0 bridgehead atoms. The predicted octanol–water partition coefficient (Wildman–Crippen LogP) is 2.10. The van der Waals surface area contributed by atoms with Gasteiger partial charge in [0.25, 0.3) is 0 Å². The van der Waals surface area contributed by atoms with Crippen molar-refractivity contribution < 1.29 is 14.7 Å². The van der Waals surface area contributed by atoms with Crippen LogP contribution in [0.25, 0.3) is 5.69 Å².